The van der Waals surface area contributed by atoms with E-state index in [1.165, 1.54) is 12.1 Å². The number of nitrogens with two attached hydrogens (primary N) is 1. The van der Waals surface area contributed by atoms with Gasteiger partial charge in [0.15, 0.2) is 0 Å². The van der Waals surface area contributed by atoms with E-state index in [1.807, 2.05) is 30.3 Å². The van der Waals surface area contributed by atoms with E-state index >= 15 is 0 Å². The molecular formula is C20H26ClN3O3S. The van der Waals surface area contributed by atoms with Crippen LogP contribution in [0.4, 0.5) is 0 Å². The van der Waals surface area contributed by atoms with Gasteiger partial charge in [-0.3, -0.25) is 4.79 Å². The SMILES string of the molecule is CC(NS(=O)(=O)c1cccc(C(=O)N2CCC(CN)C2)c1)c1ccccc1.Cl. The van der Waals surface area contributed by atoms with Gasteiger partial charge >= 0.3 is 0 Å². The maximum Gasteiger partial charge on any atom is 0.253 e. The van der Waals surface area contributed by atoms with Crippen molar-refractivity contribution in [2.75, 3.05) is 19.6 Å². The normalized spacial score (nSPS) is 17.8. The smallest absolute Gasteiger partial charge is 0.253 e. The van der Waals surface area contributed by atoms with Crippen molar-refractivity contribution in [3.63, 3.8) is 0 Å². The molecule has 1 aliphatic rings. The average molecular weight is 424 g/mol. The first-order valence-electron chi connectivity index (χ1n) is 9.07. The van der Waals surface area contributed by atoms with Gasteiger partial charge in [-0.1, -0.05) is 36.4 Å². The molecule has 0 aliphatic carbocycles. The predicted molar refractivity (Wildman–Crippen MR) is 112 cm³/mol. The molecule has 152 valence electrons. The van der Waals surface area contributed by atoms with Crippen LogP contribution in [-0.2, 0) is 10.0 Å². The van der Waals surface area contributed by atoms with E-state index in [1.54, 1.807) is 24.0 Å². The van der Waals surface area contributed by atoms with Gasteiger partial charge in [0, 0.05) is 24.7 Å². The summed E-state index contributed by atoms with van der Waals surface area (Å²) in [6.45, 7) is 3.62. The quantitative estimate of drug-likeness (QED) is 0.746. The van der Waals surface area contributed by atoms with E-state index in [2.05, 4.69) is 4.72 Å². The number of carbonyl (C=O) groups is 1. The van der Waals surface area contributed by atoms with Gasteiger partial charge in [-0.05, 0) is 49.6 Å². The molecule has 2 aromatic carbocycles. The molecule has 1 saturated heterocycles. The van der Waals surface area contributed by atoms with Crippen LogP contribution in [0.5, 0.6) is 0 Å². The van der Waals surface area contributed by atoms with Crippen molar-refractivity contribution in [3.8, 4) is 0 Å². The Hall–Kier alpha value is -1.93. The van der Waals surface area contributed by atoms with Gasteiger partial charge < -0.3 is 10.6 Å². The third-order valence-corrected chi connectivity index (χ3v) is 6.47. The second-order valence-corrected chi connectivity index (χ2v) is 8.64. The van der Waals surface area contributed by atoms with Crippen molar-refractivity contribution >= 4 is 28.3 Å². The lowest BCUT2D eigenvalue weighted by Gasteiger charge is -2.18. The highest BCUT2D eigenvalue weighted by atomic mass is 35.5. The Morgan fingerprint density at radius 1 is 1.21 bits per heavy atom. The lowest BCUT2D eigenvalue weighted by Crippen LogP contribution is -2.30. The molecule has 1 fully saturated rings. The topological polar surface area (TPSA) is 92.5 Å². The molecule has 0 spiro atoms. The maximum atomic E-state index is 12.8. The van der Waals surface area contributed by atoms with Gasteiger partial charge in [-0.15, -0.1) is 12.4 Å². The summed E-state index contributed by atoms with van der Waals surface area (Å²) in [7, 11) is -3.74. The largest absolute Gasteiger partial charge is 0.338 e. The number of amides is 1. The molecule has 0 aromatic heterocycles. The molecular weight excluding hydrogens is 398 g/mol. The lowest BCUT2D eigenvalue weighted by atomic mass is 10.1. The summed E-state index contributed by atoms with van der Waals surface area (Å²) >= 11 is 0. The highest BCUT2D eigenvalue weighted by Gasteiger charge is 2.27. The number of carbonyl (C=O) groups excluding carboxylic acids is 1. The van der Waals surface area contributed by atoms with Crippen LogP contribution >= 0.6 is 12.4 Å². The van der Waals surface area contributed by atoms with Gasteiger partial charge in [0.25, 0.3) is 5.91 Å². The highest BCUT2D eigenvalue weighted by molar-refractivity contribution is 7.89. The van der Waals surface area contributed by atoms with Crippen molar-refractivity contribution in [1.29, 1.82) is 0 Å². The average Bonchev–Trinajstić information content (AvgIpc) is 3.17. The summed E-state index contributed by atoms with van der Waals surface area (Å²) in [5.74, 6) is 0.161. The number of halogens is 1. The fraction of sp³-hybridized carbons (Fsp3) is 0.350. The van der Waals surface area contributed by atoms with Crippen molar-refractivity contribution in [1.82, 2.24) is 9.62 Å². The Bertz CT molecular complexity index is 906. The van der Waals surface area contributed by atoms with Gasteiger partial charge in [0.1, 0.15) is 0 Å². The number of rotatable bonds is 6. The molecule has 2 atom stereocenters. The van der Waals surface area contributed by atoms with Crippen LogP contribution in [0.15, 0.2) is 59.5 Å². The number of benzene rings is 2. The molecule has 2 unspecified atom stereocenters. The minimum Gasteiger partial charge on any atom is -0.338 e. The summed E-state index contributed by atoms with van der Waals surface area (Å²) in [4.78, 5) is 14.5. The molecule has 6 nitrogen and oxygen atoms in total. The molecule has 1 aliphatic heterocycles. The van der Waals surface area contributed by atoms with E-state index in [4.69, 9.17) is 5.73 Å². The van der Waals surface area contributed by atoms with E-state index in [9.17, 15) is 13.2 Å². The van der Waals surface area contributed by atoms with Crippen LogP contribution < -0.4 is 10.5 Å². The fourth-order valence-corrected chi connectivity index (χ4v) is 4.58. The number of sulfonamides is 1. The van der Waals surface area contributed by atoms with E-state index in [-0.39, 0.29) is 29.3 Å². The Balaban J connectivity index is 0.00000280. The van der Waals surface area contributed by atoms with Gasteiger partial charge in [0.05, 0.1) is 4.90 Å². The van der Waals surface area contributed by atoms with Crippen LogP contribution in [0.2, 0.25) is 0 Å². The van der Waals surface area contributed by atoms with Gasteiger partial charge in [0.2, 0.25) is 10.0 Å². The van der Waals surface area contributed by atoms with Gasteiger partial charge in [-0.2, -0.15) is 0 Å². The monoisotopic (exact) mass is 423 g/mol. The summed E-state index contributed by atoms with van der Waals surface area (Å²) in [5.41, 5.74) is 6.94. The second-order valence-electron chi connectivity index (χ2n) is 6.92. The Labute approximate surface area is 172 Å². The second kappa shape index (κ2) is 9.52. The molecule has 2 aromatic rings. The molecule has 0 saturated carbocycles. The zero-order valence-corrected chi connectivity index (χ0v) is 17.4. The van der Waals surface area contributed by atoms with Crippen LogP contribution in [0, 0.1) is 5.92 Å². The first-order chi connectivity index (χ1) is 12.9. The molecule has 0 radical (unpaired) electrons. The Morgan fingerprint density at radius 2 is 1.93 bits per heavy atom. The van der Waals surface area contributed by atoms with Crippen molar-refractivity contribution in [2.24, 2.45) is 11.7 Å². The summed E-state index contributed by atoms with van der Waals surface area (Å²) in [6.07, 6.45) is 0.885. The lowest BCUT2D eigenvalue weighted by molar-refractivity contribution is 0.0787. The first kappa shape index (κ1) is 22.4. The minimum absolute atomic E-state index is 0. The van der Waals surface area contributed by atoms with Gasteiger partial charge in [-0.25, -0.2) is 13.1 Å². The van der Waals surface area contributed by atoms with Crippen molar-refractivity contribution in [2.45, 2.75) is 24.3 Å². The van der Waals surface area contributed by atoms with Crippen LogP contribution in [0.1, 0.15) is 35.3 Å². The third-order valence-electron chi connectivity index (χ3n) is 4.93. The number of likely N-dealkylation sites (tertiary alicyclic amines) is 1. The summed E-state index contributed by atoms with van der Waals surface area (Å²) in [6, 6.07) is 15.2. The molecule has 8 heteroatoms. The number of nitrogens with zero attached hydrogens (tertiary/aromatic N) is 1. The fourth-order valence-electron chi connectivity index (χ4n) is 3.30. The molecule has 1 amide bonds. The number of hydrogen-bond donors (Lipinski definition) is 2. The maximum absolute atomic E-state index is 12.8. The van der Waals surface area contributed by atoms with Crippen molar-refractivity contribution in [3.05, 3.63) is 65.7 Å². The van der Waals surface area contributed by atoms with Crippen molar-refractivity contribution < 1.29 is 13.2 Å². The minimum atomic E-state index is -3.74. The Morgan fingerprint density at radius 3 is 2.57 bits per heavy atom. The molecule has 1 heterocycles. The molecule has 3 rings (SSSR count). The zero-order chi connectivity index (χ0) is 19.4. The van der Waals surface area contributed by atoms with E-state index < -0.39 is 10.0 Å². The summed E-state index contributed by atoms with van der Waals surface area (Å²) in [5, 5.41) is 0. The highest BCUT2D eigenvalue weighted by Crippen LogP contribution is 2.21. The third kappa shape index (κ3) is 5.11. The van der Waals surface area contributed by atoms with Crippen LogP contribution in [-0.4, -0.2) is 38.9 Å². The number of hydrogen-bond acceptors (Lipinski definition) is 4. The number of nitrogens with one attached hydrogen (secondary N) is 1. The standard InChI is InChI=1S/C20H25N3O3S.ClH/c1-15(17-6-3-2-4-7-17)22-27(25,26)19-9-5-8-18(12-19)20(24)23-11-10-16(13-21)14-23;/h2-9,12,15-16,22H,10-11,13-14,21H2,1H3;1H. The molecule has 3 N–H and O–H groups in total. The van der Waals surface area contributed by atoms with Crippen LogP contribution in [0.3, 0.4) is 0 Å². The zero-order valence-electron chi connectivity index (χ0n) is 15.7. The van der Waals surface area contributed by atoms with E-state index in [0.29, 0.717) is 31.1 Å². The molecule has 28 heavy (non-hydrogen) atoms. The first-order valence-corrected chi connectivity index (χ1v) is 10.6. The molecule has 0 bridgehead atoms. The van der Waals surface area contributed by atoms with Crippen LogP contribution in [0.25, 0.3) is 0 Å². The van der Waals surface area contributed by atoms with E-state index in [0.717, 1.165) is 12.0 Å². The summed E-state index contributed by atoms with van der Waals surface area (Å²) < 4.78 is 28.2. The predicted octanol–water partition coefficient (Wildman–Crippen LogP) is 2.57. The Kier molecular flexibility index (Phi) is 7.60.